The zero-order chi connectivity index (χ0) is 8.62. The summed E-state index contributed by atoms with van der Waals surface area (Å²) in [6, 6.07) is 0. The first-order chi connectivity index (χ1) is 4.54. The molecular formula is C5H14FNO2. The number of halogens is 1. The third-order valence-corrected chi connectivity index (χ3v) is 0.722. The molecule has 58 valence electrons. The Morgan fingerprint density at radius 2 is 1.89 bits per heavy atom. The predicted molar refractivity (Wildman–Crippen MR) is 33.8 cm³/mol. The Hall–Kier alpha value is -0.190. The van der Waals surface area contributed by atoms with Gasteiger partial charge in [-0.15, -0.1) is 0 Å². The molecule has 0 heterocycles. The molecule has 0 radical (unpaired) electrons. The first-order valence-corrected chi connectivity index (χ1v) is 2.40. The van der Waals surface area contributed by atoms with Crippen molar-refractivity contribution in [1.29, 1.82) is 0 Å². The van der Waals surface area contributed by atoms with E-state index in [0.717, 1.165) is 0 Å². The number of hydrogen-bond acceptors (Lipinski definition) is 3. The maximum Gasteiger partial charge on any atom is 0.0785 e. The molecule has 0 amide bonds. The zero-order valence-electron chi connectivity index (χ0n) is 6.47. The second-order valence-electron chi connectivity index (χ2n) is 1.97. The molecule has 0 aromatic heterocycles. The quantitative estimate of drug-likeness (QED) is 0.474. The van der Waals surface area contributed by atoms with Gasteiger partial charge < -0.3 is 15.9 Å². The summed E-state index contributed by atoms with van der Waals surface area (Å²) < 4.78 is 15.5. The van der Waals surface area contributed by atoms with E-state index < -0.39 is 12.7 Å². The highest BCUT2D eigenvalue weighted by Gasteiger charge is 2.13. The van der Waals surface area contributed by atoms with Gasteiger partial charge in [-0.2, -0.15) is 0 Å². The highest BCUT2D eigenvalue weighted by atomic mass is 19.1. The van der Waals surface area contributed by atoms with Gasteiger partial charge >= 0.3 is 0 Å². The molecule has 0 fully saturated rings. The summed E-state index contributed by atoms with van der Waals surface area (Å²) in [6.45, 7) is 1.22. The monoisotopic (exact) mass is 140 g/mol. The Morgan fingerprint density at radius 3 is 1.89 bits per heavy atom. The Bertz CT molecular complexity index is 66.7. The molecule has 0 aliphatic rings. The maximum absolute atomic E-state index is 9.96. The first kappa shape index (κ1) is 8.81. The third kappa shape index (κ3) is 7.81. The molecule has 4 heteroatoms. The van der Waals surface area contributed by atoms with Crippen molar-refractivity contribution in [2.24, 2.45) is 5.73 Å². The van der Waals surface area contributed by atoms with E-state index >= 15 is 0 Å². The van der Waals surface area contributed by atoms with E-state index in [2.05, 4.69) is 0 Å². The van der Waals surface area contributed by atoms with Crippen LogP contribution in [0.4, 0.5) is 4.39 Å². The molecule has 0 bridgehead atoms. The van der Waals surface area contributed by atoms with Gasteiger partial charge in [-0.25, -0.2) is 0 Å². The molecule has 0 unspecified atom stereocenters. The highest BCUT2D eigenvalue weighted by molar-refractivity contribution is 4.74. The summed E-state index contributed by atoms with van der Waals surface area (Å²) in [5, 5.41) is 16.6. The van der Waals surface area contributed by atoms with Crippen LogP contribution in [0.15, 0.2) is 0 Å². The summed E-state index contributed by atoms with van der Waals surface area (Å²) in [7, 11) is -1.00. The first-order valence-electron chi connectivity index (χ1n) is 3.10. The lowest BCUT2D eigenvalue weighted by molar-refractivity contribution is 0.134. The van der Waals surface area contributed by atoms with Crippen molar-refractivity contribution < 1.29 is 16.0 Å². The number of aliphatic hydroxyl groups excluding tert-OH is 2. The van der Waals surface area contributed by atoms with Gasteiger partial charge in [-0.1, -0.05) is 0 Å². The van der Waals surface area contributed by atoms with Crippen LogP contribution in [0.3, 0.4) is 0 Å². The van der Waals surface area contributed by atoms with Gasteiger partial charge in [-0.05, 0) is 6.92 Å². The van der Waals surface area contributed by atoms with Gasteiger partial charge in [0.05, 0.1) is 27.3 Å². The number of rotatable bonds is 2. The summed E-state index contributed by atoms with van der Waals surface area (Å²) >= 11 is 0. The zero-order valence-corrected chi connectivity index (χ0v) is 5.47. The summed E-state index contributed by atoms with van der Waals surface area (Å²) in [5.74, 6) is 0. The van der Waals surface area contributed by atoms with Gasteiger partial charge in [0.2, 0.25) is 0 Å². The normalized spacial score (nSPS) is 11.4. The lowest BCUT2D eigenvalue weighted by Gasteiger charge is -2.16. The van der Waals surface area contributed by atoms with Crippen LogP contribution in [0.25, 0.3) is 0 Å². The van der Waals surface area contributed by atoms with Gasteiger partial charge in [0, 0.05) is 0 Å². The van der Waals surface area contributed by atoms with Crippen LogP contribution in [-0.2, 0) is 0 Å². The minimum absolute atomic E-state index is 0.177. The molecule has 0 aliphatic heterocycles. The van der Waals surface area contributed by atoms with E-state index in [0.29, 0.717) is 0 Å². The second-order valence-corrected chi connectivity index (χ2v) is 1.97. The van der Waals surface area contributed by atoms with E-state index in [1.807, 2.05) is 0 Å². The number of alkyl halides is 1. The van der Waals surface area contributed by atoms with Crippen LogP contribution in [-0.4, -0.2) is 36.1 Å². The van der Waals surface area contributed by atoms with Crippen molar-refractivity contribution in [1.82, 2.24) is 0 Å². The van der Waals surface area contributed by atoms with Gasteiger partial charge in [-0.3, -0.25) is 4.39 Å². The summed E-state index contributed by atoms with van der Waals surface area (Å²) in [4.78, 5) is 0. The minimum atomic E-state index is -1.00. The number of nitrogens with two attached hydrogens (primary N) is 1. The van der Waals surface area contributed by atoms with Gasteiger partial charge in [0.15, 0.2) is 0 Å². The fourth-order valence-electron chi connectivity index (χ4n) is 0.0500. The molecule has 0 aromatic rings. The van der Waals surface area contributed by atoms with Crippen LogP contribution in [0.2, 0.25) is 0 Å². The minimum Gasteiger partial charge on any atom is -0.394 e. The van der Waals surface area contributed by atoms with Crippen LogP contribution in [0.5, 0.6) is 0 Å². The molecule has 9 heavy (non-hydrogen) atoms. The standard InChI is InChI=1S/C4H11NO2.CH3F/c1-4(5,2-6)3-7;1-2/h6-7H,2-3,5H2,1H3;1H3/i;1D. The molecule has 0 spiro atoms. The lowest BCUT2D eigenvalue weighted by atomic mass is 10.1. The smallest absolute Gasteiger partial charge is 0.0785 e. The number of aliphatic hydroxyl groups is 2. The van der Waals surface area contributed by atoms with Crippen molar-refractivity contribution in [3.05, 3.63) is 0 Å². The predicted octanol–water partition coefficient (Wildman–Crippen LogP) is -0.726. The number of hydrogen-bond donors (Lipinski definition) is 3. The SMILES string of the molecule is CC(N)(CO)CO.[2H]CF. The maximum atomic E-state index is 9.96. The molecule has 3 nitrogen and oxygen atoms in total. The van der Waals surface area contributed by atoms with Crippen LogP contribution in [0.1, 0.15) is 8.29 Å². The van der Waals surface area contributed by atoms with Crippen molar-refractivity contribution in [2.75, 3.05) is 20.4 Å². The van der Waals surface area contributed by atoms with Crippen LogP contribution in [0, 0.1) is 0 Å². The summed E-state index contributed by atoms with van der Waals surface area (Å²) in [5.41, 5.74) is 4.41. The average Bonchev–Trinajstić information content (AvgIpc) is 1.90. The van der Waals surface area contributed by atoms with Crippen LogP contribution >= 0.6 is 0 Å². The second kappa shape index (κ2) is 5.94. The molecule has 0 aromatic carbocycles. The average molecular weight is 140 g/mol. The molecule has 4 N–H and O–H groups in total. The molecule has 0 saturated heterocycles. The van der Waals surface area contributed by atoms with Gasteiger partial charge in [0.1, 0.15) is 0 Å². The van der Waals surface area contributed by atoms with Crippen molar-refractivity contribution in [3.8, 4) is 0 Å². The van der Waals surface area contributed by atoms with E-state index in [9.17, 15) is 4.39 Å². The van der Waals surface area contributed by atoms with E-state index in [4.69, 9.17) is 17.3 Å². The Balaban J connectivity index is 0. The summed E-state index contributed by atoms with van der Waals surface area (Å²) in [6.07, 6.45) is 0. The fourth-order valence-corrected chi connectivity index (χ4v) is 0.0500. The highest BCUT2D eigenvalue weighted by Crippen LogP contribution is 1.91. The Kier molecular flexibility index (Phi) is 5.81. The largest absolute Gasteiger partial charge is 0.394 e. The van der Waals surface area contributed by atoms with Crippen LogP contribution < -0.4 is 5.73 Å². The van der Waals surface area contributed by atoms with Crippen molar-refractivity contribution >= 4 is 0 Å². The van der Waals surface area contributed by atoms with E-state index in [-0.39, 0.29) is 13.2 Å². The molecule has 0 rings (SSSR count). The Morgan fingerprint density at radius 1 is 1.67 bits per heavy atom. The molecule has 0 atom stereocenters. The van der Waals surface area contributed by atoms with Crippen molar-refractivity contribution in [2.45, 2.75) is 12.5 Å². The topological polar surface area (TPSA) is 66.5 Å². The lowest BCUT2D eigenvalue weighted by Crippen LogP contribution is -2.43. The van der Waals surface area contributed by atoms with Crippen molar-refractivity contribution in [3.63, 3.8) is 0 Å². The molecular weight excluding hydrogens is 125 g/mol. The molecule has 0 aliphatic carbocycles. The van der Waals surface area contributed by atoms with E-state index in [1.165, 1.54) is 0 Å². The third-order valence-electron chi connectivity index (χ3n) is 0.722. The Labute approximate surface area is 55.7 Å². The van der Waals surface area contributed by atoms with Gasteiger partial charge in [0.25, 0.3) is 0 Å². The van der Waals surface area contributed by atoms with E-state index in [1.54, 1.807) is 6.92 Å². The fraction of sp³-hybridized carbons (Fsp3) is 1.00. The molecule has 0 saturated carbocycles.